The average Bonchev–Trinajstić information content (AvgIpc) is 0.959. The van der Waals surface area contributed by atoms with Crippen molar-refractivity contribution >= 4 is 0 Å². The van der Waals surface area contributed by atoms with E-state index in [9.17, 15) is 0 Å². The molecule has 0 N–H and O–H groups in total. The minimum atomic E-state index is 1.27. The van der Waals surface area contributed by atoms with E-state index in [-0.39, 0.29) is 0 Å². The summed E-state index contributed by atoms with van der Waals surface area (Å²) >= 11 is 0. The molecule has 0 atom stereocenters. The van der Waals surface area contributed by atoms with E-state index in [0.717, 1.165) is 0 Å². The van der Waals surface area contributed by atoms with Crippen LogP contribution in [0.2, 0.25) is 0 Å². The maximum absolute atomic E-state index is 2.97. The lowest BCUT2D eigenvalue weighted by atomic mass is 10.0. The van der Waals surface area contributed by atoms with Gasteiger partial charge in [-0.1, -0.05) is 516 Å². The van der Waals surface area contributed by atoms with E-state index >= 15 is 0 Å². The Morgan fingerprint density at radius 3 is 0.362 bits per heavy atom. The van der Waals surface area contributed by atoms with Gasteiger partial charge in [-0.3, -0.25) is 9.80 Å². The smallest absolute Gasteiger partial charge is 0.0110 e. The molecule has 105 heavy (non-hydrogen) atoms. The molecular weight excluding hydrogens is 1270 g/mol. The average molecular weight is 1480 g/mol. The van der Waals surface area contributed by atoms with Gasteiger partial charge in [0.05, 0.1) is 0 Å². The number of hydrogen-bond donors (Lipinski definition) is 0. The van der Waals surface area contributed by atoms with E-state index in [1.807, 2.05) is 0 Å². The van der Waals surface area contributed by atoms with Crippen LogP contribution >= 0.6 is 0 Å². The first-order valence-corrected chi connectivity index (χ1v) is 50.8. The molecule has 1 aliphatic heterocycles. The van der Waals surface area contributed by atoms with E-state index in [0.29, 0.717) is 0 Å². The van der Waals surface area contributed by atoms with E-state index in [1.165, 1.54) is 612 Å². The molecule has 1 rings (SSSR count). The summed E-state index contributed by atoms with van der Waals surface area (Å²) in [6.07, 6.45) is 117. The van der Waals surface area contributed by atoms with Crippen LogP contribution in [0.25, 0.3) is 0 Å². The quantitative estimate of drug-likeness (QED) is 0.0563. The van der Waals surface area contributed by atoms with Crippen molar-refractivity contribution in [3.8, 4) is 0 Å². The standard InChI is InChI=1S/C100H205N5/c1-6-11-16-21-26-31-36-41-46-51-56-61-66-71-76-81-86-101(87-82-77-72-67-62-57-52-47-42-37-32-27-22-17-12-7-2)91-93-103(90-85-80-75-70-65-60-55-50-45-40-35-30-25-20-15-10-5)94-96-105-99-97-104(98-100-105)95-92-102(88-83-78-73-68-63-58-53-48-43-38-33-28-23-18-13-8-3)89-84-79-74-69-64-59-54-49-44-39-34-29-24-19-14-9-4/h6-100H2,1-5H3. The van der Waals surface area contributed by atoms with Gasteiger partial charge in [-0.05, 0) is 64.8 Å². The molecule has 630 valence electrons. The molecule has 0 unspecified atom stereocenters. The van der Waals surface area contributed by atoms with E-state index in [2.05, 4.69) is 59.1 Å². The maximum atomic E-state index is 2.97. The van der Waals surface area contributed by atoms with Gasteiger partial charge in [0.25, 0.3) is 0 Å². The van der Waals surface area contributed by atoms with Crippen molar-refractivity contribution in [3.05, 3.63) is 0 Å². The number of unbranched alkanes of at least 4 members (excludes halogenated alkanes) is 75. The van der Waals surface area contributed by atoms with Gasteiger partial charge in [0.2, 0.25) is 0 Å². The zero-order valence-electron chi connectivity index (χ0n) is 74.4. The van der Waals surface area contributed by atoms with Crippen LogP contribution in [0, 0.1) is 0 Å². The van der Waals surface area contributed by atoms with Crippen LogP contribution in [0.1, 0.15) is 548 Å². The van der Waals surface area contributed by atoms with Crippen LogP contribution in [0.5, 0.6) is 0 Å². The number of hydrogen-bond acceptors (Lipinski definition) is 5. The van der Waals surface area contributed by atoms with Gasteiger partial charge in [0.1, 0.15) is 0 Å². The van der Waals surface area contributed by atoms with Crippen LogP contribution in [-0.2, 0) is 0 Å². The van der Waals surface area contributed by atoms with Gasteiger partial charge in [-0.2, -0.15) is 0 Å². The van der Waals surface area contributed by atoms with Gasteiger partial charge < -0.3 is 14.7 Å². The molecule has 0 aromatic rings. The fourth-order valence-corrected chi connectivity index (χ4v) is 17.5. The van der Waals surface area contributed by atoms with Crippen molar-refractivity contribution in [2.24, 2.45) is 0 Å². The third-order valence-corrected chi connectivity index (χ3v) is 25.3. The molecule has 5 nitrogen and oxygen atoms in total. The molecule has 0 aliphatic carbocycles. The van der Waals surface area contributed by atoms with Crippen LogP contribution in [0.4, 0.5) is 0 Å². The second kappa shape index (κ2) is 91.0. The predicted octanol–water partition coefficient (Wildman–Crippen LogP) is 32.8. The topological polar surface area (TPSA) is 16.2 Å². The Bertz CT molecular complexity index is 1440. The molecule has 1 aliphatic rings. The Labute approximate surface area is 667 Å². The summed E-state index contributed by atoms with van der Waals surface area (Å²) < 4.78 is 0. The molecule has 0 amide bonds. The lowest BCUT2D eigenvalue weighted by Gasteiger charge is -2.37. The minimum absolute atomic E-state index is 1.27. The number of nitrogens with zero attached hydrogens (tertiary/aromatic N) is 5. The van der Waals surface area contributed by atoms with Crippen LogP contribution in [0.15, 0.2) is 0 Å². The Morgan fingerprint density at radius 1 is 0.124 bits per heavy atom. The second-order valence-corrected chi connectivity index (χ2v) is 35.7. The Balaban J connectivity index is 2.83. The highest BCUT2D eigenvalue weighted by atomic mass is 15.3. The molecule has 1 saturated heterocycles. The zero-order chi connectivity index (χ0) is 75.1. The first kappa shape index (κ1) is 103. The Morgan fingerprint density at radius 2 is 0.229 bits per heavy atom. The van der Waals surface area contributed by atoms with Crippen LogP contribution in [-0.4, -0.2) is 123 Å². The highest BCUT2D eigenvalue weighted by molar-refractivity contribution is 4.76. The van der Waals surface area contributed by atoms with Gasteiger partial charge >= 0.3 is 0 Å². The number of piperazine rings is 1. The maximum Gasteiger partial charge on any atom is 0.0110 e. The van der Waals surface area contributed by atoms with Gasteiger partial charge in [0.15, 0.2) is 0 Å². The fourth-order valence-electron chi connectivity index (χ4n) is 17.5. The van der Waals surface area contributed by atoms with Crippen molar-refractivity contribution in [3.63, 3.8) is 0 Å². The molecule has 5 heteroatoms. The summed E-state index contributed by atoms with van der Waals surface area (Å²) in [6, 6.07) is 0. The van der Waals surface area contributed by atoms with Crippen molar-refractivity contribution in [1.82, 2.24) is 24.5 Å². The summed E-state index contributed by atoms with van der Waals surface area (Å²) in [6.45, 7) is 31.1. The van der Waals surface area contributed by atoms with E-state index in [4.69, 9.17) is 0 Å². The monoisotopic (exact) mass is 1480 g/mol. The molecule has 1 heterocycles. The Hall–Kier alpha value is -0.200. The summed E-state index contributed by atoms with van der Waals surface area (Å²) in [7, 11) is 0. The van der Waals surface area contributed by atoms with Gasteiger partial charge in [0, 0.05) is 65.4 Å². The molecular formula is C100H205N5. The fraction of sp³-hybridized carbons (Fsp3) is 1.00. The lowest BCUT2D eigenvalue weighted by Crippen LogP contribution is -2.50. The molecule has 0 radical (unpaired) electrons. The summed E-state index contributed by atoms with van der Waals surface area (Å²) in [4.78, 5) is 14.6. The normalized spacial score (nSPS) is 13.3. The second-order valence-electron chi connectivity index (χ2n) is 35.7. The van der Waals surface area contributed by atoms with Crippen LogP contribution < -0.4 is 0 Å². The van der Waals surface area contributed by atoms with Crippen LogP contribution in [0.3, 0.4) is 0 Å². The molecule has 0 aromatic heterocycles. The van der Waals surface area contributed by atoms with Crippen molar-refractivity contribution in [1.29, 1.82) is 0 Å². The molecule has 1 fully saturated rings. The zero-order valence-corrected chi connectivity index (χ0v) is 74.4. The predicted molar refractivity (Wildman–Crippen MR) is 480 cm³/mol. The summed E-state index contributed by atoms with van der Waals surface area (Å²) in [5, 5.41) is 0. The number of rotatable bonds is 94. The Kier molecular flexibility index (Phi) is 89.1. The lowest BCUT2D eigenvalue weighted by molar-refractivity contribution is 0.104. The van der Waals surface area contributed by atoms with E-state index in [1.54, 1.807) is 0 Å². The SMILES string of the molecule is CCCCCCCCCCCCCCCCCCN(CCCCCCCCCCCCCCCCCC)CCN(CCCCCCCCCCCCCCCCCC)CCN1CCN(CCN(CCCCCCCCCCCCCCCCCC)CCCCCCCCCCCCCCCCCC)CC1. The summed E-state index contributed by atoms with van der Waals surface area (Å²) in [5.41, 5.74) is 0. The largest absolute Gasteiger partial charge is 0.302 e. The first-order valence-electron chi connectivity index (χ1n) is 50.8. The van der Waals surface area contributed by atoms with Crippen molar-refractivity contribution in [2.45, 2.75) is 548 Å². The van der Waals surface area contributed by atoms with Crippen molar-refractivity contribution < 1.29 is 0 Å². The highest BCUT2D eigenvalue weighted by Gasteiger charge is 2.20. The molecule has 0 aromatic carbocycles. The third kappa shape index (κ3) is 81.6. The third-order valence-electron chi connectivity index (χ3n) is 25.3. The molecule has 0 spiro atoms. The van der Waals surface area contributed by atoms with Crippen molar-refractivity contribution in [2.75, 3.05) is 98.2 Å². The molecule has 0 saturated carbocycles. The van der Waals surface area contributed by atoms with Gasteiger partial charge in [-0.15, -0.1) is 0 Å². The molecule has 0 bridgehead atoms. The minimum Gasteiger partial charge on any atom is -0.302 e. The first-order chi connectivity index (χ1) is 52.2. The highest BCUT2D eigenvalue weighted by Crippen LogP contribution is 2.22. The van der Waals surface area contributed by atoms with Gasteiger partial charge in [-0.25, -0.2) is 0 Å². The summed E-state index contributed by atoms with van der Waals surface area (Å²) in [5.74, 6) is 0. The van der Waals surface area contributed by atoms with E-state index < -0.39 is 0 Å².